The molecule has 2 saturated heterocycles. The number of carbonyl (C=O) groups excluding carboxylic acids is 2. The van der Waals surface area contributed by atoms with Crippen LogP contribution in [-0.2, 0) is 20.8 Å². The summed E-state index contributed by atoms with van der Waals surface area (Å²) in [6.45, 7) is 1.64. The highest BCUT2D eigenvalue weighted by molar-refractivity contribution is 5.82. The van der Waals surface area contributed by atoms with Crippen LogP contribution in [0.1, 0.15) is 37.7 Å². The molecule has 0 aromatic carbocycles. The Balaban J connectivity index is 1.51. The molecule has 0 aliphatic carbocycles. The molecular weight excluding hydrogens is 334 g/mol. The summed E-state index contributed by atoms with van der Waals surface area (Å²) in [5.74, 6) is -0.890. The minimum atomic E-state index is -0.973. The first kappa shape index (κ1) is 18.4. The summed E-state index contributed by atoms with van der Waals surface area (Å²) in [6.07, 6.45) is 7.53. The molecule has 26 heavy (non-hydrogen) atoms. The van der Waals surface area contributed by atoms with E-state index in [1.165, 1.54) is 4.90 Å². The van der Waals surface area contributed by atoms with E-state index < -0.39 is 5.97 Å². The average Bonchev–Trinajstić information content (AvgIpc) is 2.64. The van der Waals surface area contributed by atoms with Gasteiger partial charge in [0, 0.05) is 44.9 Å². The van der Waals surface area contributed by atoms with Crippen molar-refractivity contribution in [3.8, 4) is 0 Å². The molecule has 1 aromatic heterocycles. The summed E-state index contributed by atoms with van der Waals surface area (Å²) in [6, 6.07) is 3.85. The molecule has 3 rings (SSSR count). The topological polar surface area (TPSA) is 90.8 Å². The van der Waals surface area contributed by atoms with Gasteiger partial charge in [0.15, 0.2) is 0 Å². The predicted molar refractivity (Wildman–Crippen MR) is 94.3 cm³/mol. The van der Waals surface area contributed by atoms with Gasteiger partial charge in [0.1, 0.15) is 6.54 Å². The van der Waals surface area contributed by atoms with Gasteiger partial charge in [-0.25, -0.2) is 0 Å². The van der Waals surface area contributed by atoms with Gasteiger partial charge in [-0.3, -0.25) is 19.4 Å². The van der Waals surface area contributed by atoms with E-state index in [9.17, 15) is 14.4 Å². The average molecular weight is 359 g/mol. The monoisotopic (exact) mass is 359 g/mol. The maximum atomic E-state index is 12.5. The minimum absolute atomic E-state index is 0.0365. The Bertz CT molecular complexity index is 669. The molecule has 3 heterocycles. The van der Waals surface area contributed by atoms with Crippen LogP contribution >= 0.6 is 0 Å². The van der Waals surface area contributed by atoms with Crippen LogP contribution in [-0.4, -0.2) is 63.9 Å². The van der Waals surface area contributed by atoms with Crippen LogP contribution in [0.25, 0.3) is 0 Å². The molecule has 2 aliphatic rings. The SMILES string of the molecule is O=C(O)CN1CC2(CCC1=O)CCN(C(=O)CCc1ccncc1)CC2. The van der Waals surface area contributed by atoms with Crippen LogP contribution in [0.15, 0.2) is 24.5 Å². The van der Waals surface area contributed by atoms with Crippen molar-refractivity contribution in [2.75, 3.05) is 26.2 Å². The molecule has 7 heteroatoms. The molecule has 1 aromatic rings. The number of aliphatic carboxylic acids is 1. The Morgan fingerprint density at radius 2 is 1.85 bits per heavy atom. The van der Waals surface area contributed by atoms with Crippen LogP contribution in [0.5, 0.6) is 0 Å². The van der Waals surface area contributed by atoms with E-state index in [2.05, 4.69) is 4.98 Å². The molecule has 7 nitrogen and oxygen atoms in total. The van der Waals surface area contributed by atoms with Gasteiger partial charge in [-0.1, -0.05) is 0 Å². The van der Waals surface area contributed by atoms with Gasteiger partial charge < -0.3 is 14.9 Å². The molecule has 2 amide bonds. The predicted octanol–water partition coefficient (Wildman–Crippen LogP) is 1.33. The normalized spacial score (nSPS) is 19.6. The quantitative estimate of drug-likeness (QED) is 0.856. The highest BCUT2D eigenvalue weighted by Gasteiger charge is 2.41. The molecular formula is C19H25N3O4. The minimum Gasteiger partial charge on any atom is -0.480 e. The largest absolute Gasteiger partial charge is 0.480 e. The third kappa shape index (κ3) is 4.39. The van der Waals surface area contributed by atoms with Gasteiger partial charge in [0.05, 0.1) is 0 Å². The number of carboxylic acids is 1. The number of nitrogens with zero attached hydrogens (tertiary/aromatic N) is 3. The zero-order chi connectivity index (χ0) is 18.6. The lowest BCUT2D eigenvalue weighted by Crippen LogP contribution is -2.53. The van der Waals surface area contributed by atoms with E-state index in [0.717, 1.165) is 24.8 Å². The van der Waals surface area contributed by atoms with E-state index in [4.69, 9.17) is 5.11 Å². The lowest BCUT2D eigenvalue weighted by molar-refractivity contribution is -0.150. The molecule has 2 aliphatic heterocycles. The van der Waals surface area contributed by atoms with Crippen molar-refractivity contribution >= 4 is 17.8 Å². The number of pyridine rings is 1. The number of aromatic nitrogens is 1. The number of carboxylic acid groups (broad SMARTS) is 1. The van der Waals surface area contributed by atoms with Gasteiger partial charge in [-0.15, -0.1) is 0 Å². The highest BCUT2D eigenvalue weighted by atomic mass is 16.4. The van der Waals surface area contributed by atoms with E-state index in [-0.39, 0.29) is 23.8 Å². The van der Waals surface area contributed by atoms with Crippen molar-refractivity contribution in [3.05, 3.63) is 30.1 Å². The maximum Gasteiger partial charge on any atom is 0.323 e. The number of rotatable bonds is 5. The zero-order valence-corrected chi connectivity index (χ0v) is 14.9. The Labute approximate surface area is 153 Å². The second-order valence-electron chi connectivity index (χ2n) is 7.38. The third-order valence-corrected chi connectivity index (χ3v) is 5.63. The number of amides is 2. The fraction of sp³-hybridized carbons (Fsp3) is 0.579. The first-order valence-corrected chi connectivity index (χ1v) is 9.14. The summed E-state index contributed by atoms with van der Waals surface area (Å²) >= 11 is 0. The summed E-state index contributed by atoms with van der Waals surface area (Å²) in [5, 5.41) is 8.99. The van der Waals surface area contributed by atoms with Gasteiger partial charge in [-0.2, -0.15) is 0 Å². The molecule has 2 fully saturated rings. The molecule has 0 unspecified atom stereocenters. The Kier molecular flexibility index (Phi) is 5.54. The second-order valence-corrected chi connectivity index (χ2v) is 7.38. The Morgan fingerprint density at radius 3 is 2.50 bits per heavy atom. The van der Waals surface area contributed by atoms with Crippen molar-refractivity contribution < 1.29 is 19.5 Å². The molecule has 0 bridgehead atoms. The number of hydrogen-bond acceptors (Lipinski definition) is 4. The molecule has 0 radical (unpaired) electrons. The van der Waals surface area contributed by atoms with Crippen LogP contribution in [0.3, 0.4) is 0 Å². The van der Waals surface area contributed by atoms with Crippen molar-refractivity contribution in [1.29, 1.82) is 0 Å². The first-order valence-electron chi connectivity index (χ1n) is 9.14. The third-order valence-electron chi connectivity index (χ3n) is 5.63. The van der Waals surface area contributed by atoms with Gasteiger partial charge in [-0.05, 0) is 48.8 Å². The number of hydrogen-bond donors (Lipinski definition) is 1. The van der Waals surface area contributed by atoms with Gasteiger partial charge in [0.25, 0.3) is 0 Å². The molecule has 140 valence electrons. The summed E-state index contributed by atoms with van der Waals surface area (Å²) in [4.78, 5) is 42.7. The number of likely N-dealkylation sites (tertiary alicyclic amines) is 2. The van der Waals surface area contributed by atoms with Gasteiger partial charge in [0.2, 0.25) is 11.8 Å². The number of carbonyl (C=O) groups is 3. The van der Waals surface area contributed by atoms with E-state index >= 15 is 0 Å². The molecule has 1 spiro atoms. The van der Waals surface area contributed by atoms with E-state index in [1.807, 2.05) is 17.0 Å². The lowest BCUT2D eigenvalue weighted by atomic mass is 9.72. The maximum absolute atomic E-state index is 12.5. The number of piperidine rings is 2. The first-order chi connectivity index (χ1) is 12.5. The summed E-state index contributed by atoms with van der Waals surface area (Å²) in [7, 11) is 0. The molecule has 1 N–H and O–H groups in total. The zero-order valence-electron chi connectivity index (χ0n) is 14.9. The van der Waals surface area contributed by atoms with Crippen molar-refractivity contribution in [2.24, 2.45) is 5.41 Å². The summed E-state index contributed by atoms with van der Waals surface area (Å²) < 4.78 is 0. The van der Waals surface area contributed by atoms with Crippen LogP contribution in [0, 0.1) is 5.41 Å². The van der Waals surface area contributed by atoms with E-state index in [0.29, 0.717) is 38.9 Å². The Morgan fingerprint density at radius 1 is 1.15 bits per heavy atom. The fourth-order valence-corrected chi connectivity index (χ4v) is 4.01. The lowest BCUT2D eigenvalue weighted by Gasteiger charge is -2.47. The molecule has 0 atom stereocenters. The van der Waals surface area contributed by atoms with E-state index in [1.54, 1.807) is 12.4 Å². The molecule has 0 saturated carbocycles. The van der Waals surface area contributed by atoms with Crippen LogP contribution < -0.4 is 0 Å². The fourth-order valence-electron chi connectivity index (χ4n) is 4.01. The van der Waals surface area contributed by atoms with Crippen LogP contribution in [0.4, 0.5) is 0 Å². The van der Waals surface area contributed by atoms with Crippen molar-refractivity contribution in [3.63, 3.8) is 0 Å². The standard InChI is InChI=1S/C19H25N3O4/c23-16(2-1-15-4-9-20-10-5-15)21-11-7-19(8-12-21)6-3-17(24)22(14-19)13-18(25)26/h4-5,9-10H,1-3,6-8,11-14H2,(H,25,26). The van der Waals surface area contributed by atoms with Crippen LogP contribution in [0.2, 0.25) is 0 Å². The Hall–Kier alpha value is -2.44. The van der Waals surface area contributed by atoms with Crippen molar-refractivity contribution in [2.45, 2.75) is 38.5 Å². The number of aryl methyl sites for hydroxylation is 1. The second kappa shape index (κ2) is 7.85. The van der Waals surface area contributed by atoms with Gasteiger partial charge >= 0.3 is 5.97 Å². The highest BCUT2D eigenvalue weighted by Crippen LogP contribution is 2.40. The summed E-state index contributed by atoms with van der Waals surface area (Å²) in [5.41, 5.74) is 1.07. The van der Waals surface area contributed by atoms with Crippen molar-refractivity contribution in [1.82, 2.24) is 14.8 Å². The smallest absolute Gasteiger partial charge is 0.323 e.